The van der Waals surface area contributed by atoms with Gasteiger partial charge in [0.2, 0.25) is 0 Å². The molecule has 0 aliphatic heterocycles. The molecule has 0 bridgehead atoms. The largest absolute Gasteiger partial charge is 0.361 e. The molecule has 0 aromatic carbocycles. The number of aryl methyl sites for hydroxylation is 5. The van der Waals surface area contributed by atoms with Crippen molar-refractivity contribution in [3.8, 4) is 0 Å². The van der Waals surface area contributed by atoms with Crippen LogP contribution in [0.5, 0.6) is 0 Å². The van der Waals surface area contributed by atoms with Crippen molar-refractivity contribution in [1.82, 2.24) is 30.0 Å². The first-order chi connectivity index (χ1) is 12.3. The second-order valence-corrected chi connectivity index (χ2v) is 6.61. The molecular formula is C18H24N6O2. The van der Waals surface area contributed by atoms with Crippen molar-refractivity contribution < 1.29 is 9.32 Å². The van der Waals surface area contributed by atoms with Gasteiger partial charge in [-0.1, -0.05) is 5.16 Å². The molecule has 0 radical (unpaired) electrons. The fourth-order valence-corrected chi connectivity index (χ4v) is 3.07. The molecule has 0 spiro atoms. The van der Waals surface area contributed by atoms with E-state index in [4.69, 9.17) is 4.52 Å². The van der Waals surface area contributed by atoms with E-state index in [2.05, 4.69) is 20.7 Å². The summed E-state index contributed by atoms with van der Waals surface area (Å²) in [5.41, 5.74) is 5.96. The van der Waals surface area contributed by atoms with E-state index in [0.29, 0.717) is 24.5 Å². The molecule has 3 rings (SSSR count). The van der Waals surface area contributed by atoms with Gasteiger partial charge in [0.15, 0.2) is 5.69 Å². The fraction of sp³-hybridized carbons (Fsp3) is 0.444. The second-order valence-electron chi connectivity index (χ2n) is 6.61. The Morgan fingerprint density at radius 3 is 2.46 bits per heavy atom. The minimum atomic E-state index is -0.263. The fourth-order valence-electron chi connectivity index (χ4n) is 3.07. The number of carbonyl (C=O) groups is 1. The van der Waals surface area contributed by atoms with E-state index < -0.39 is 0 Å². The maximum Gasteiger partial charge on any atom is 0.274 e. The van der Waals surface area contributed by atoms with Gasteiger partial charge in [0.05, 0.1) is 17.9 Å². The maximum atomic E-state index is 12.7. The van der Waals surface area contributed by atoms with Crippen molar-refractivity contribution in [1.29, 1.82) is 0 Å². The molecule has 138 valence electrons. The van der Waals surface area contributed by atoms with Crippen LogP contribution in [0.4, 0.5) is 0 Å². The number of hydrogen-bond acceptors (Lipinski definition) is 5. The van der Waals surface area contributed by atoms with E-state index in [1.165, 1.54) is 0 Å². The van der Waals surface area contributed by atoms with Crippen LogP contribution in [0.2, 0.25) is 0 Å². The monoisotopic (exact) mass is 356 g/mol. The van der Waals surface area contributed by atoms with E-state index >= 15 is 0 Å². The molecule has 0 aliphatic carbocycles. The van der Waals surface area contributed by atoms with Gasteiger partial charge in [-0.3, -0.25) is 14.2 Å². The molecule has 1 amide bonds. The van der Waals surface area contributed by atoms with Crippen LogP contribution in [-0.2, 0) is 20.1 Å². The van der Waals surface area contributed by atoms with Gasteiger partial charge in [0.25, 0.3) is 5.91 Å². The number of amides is 1. The van der Waals surface area contributed by atoms with Gasteiger partial charge >= 0.3 is 0 Å². The van der Waals surface area contributed by atoms with Crippen LogP contribution < -0.4 is 5.32 Å². The highest BCUT2D eigenvalue weighted by Crippen LogP contribution is 2.17. The van der Waals surface area contributed by atoms with Crippen molar-refractivity contribution in [3.05, 3.63) is 51.4 Å². The van der Waals surface area contributed by atoms with Crippen LogP contribution in [-0.4, -0.2) is 30.6 Å². The Kier molecular flexibility index (Phi) is 4.67. The Labute approximate surface area is 152 Å². The van der Waals surface area contributed by atoms with Gasteiger partial charge in [0.1, 0.15) is 5.76 Å². The quantitative estimate of drug-likeness (QED) is 0.756. The van der Waals surface area contributed by atoms with Crippen LogP contribution in [0.3, 0.4) is 0 Å². The lowest BCUT2D eigenvalue weighted by Crippen LogP contribution is -2.25. The van der Waals surface area contributed by atoms with Gasteiger partial charge < -0.3 is 9.84 Å². The zero-order chi connectivity index (χ0) is 19.0. The Hall–Kier alpha value is -2.90. The van der Waals surface area contributed by atoms with E-state index in [9.17, 15) is 4.79 Å². The summed E-state index contributed by atoms with van der Waals surface area (Å²) < 4.78 is 8.93. The van der Waals surface area contributed by atoms with E-state index in [0.717, 1.165) is 33.9 Å². The molecule has 0 saturated heterocycles. The summed E-state index contributed by atoms with van der Waals surface area (Å²) in [4.78, 5) is 12.7. The molecule has 8 nitrogen and oxygen atoms in total. The zero-order valence-corrected chi connectivity index (χ0v) is 16.0. The predicted octanol–water partition coefficient (Wildman–Crippen LogP) is 2.12. The van der Waals surface area contributed by atoms with Crippen molar-refractivity contribution in [3.63, 3.8) is 0 Å². The number of rotatable bonds is 5. The Morgan fingerprint density at radius 1 is 1.15 bits per heavy atom. The highest BCUT2D eigenvalue weighted by atomic mass is 16.5. The first-order valence-corrected chi connectivity index (χ1v) is 8.51. The summed E-state index contributed by atoms with van der Waals surface area (Å²) in [6, 6.07) is 2.00. The van der Waals surface area contributed by atoms with Crippen LogP contribution >= 0.6 is 0 Å². The molecule has 3 heterocycles. The van der Waals surface area contributed by atoms with Crippen molar-refractivity contribution in [2.75, 3.05) is 0 Å². The Morgan fingerprint density at radius 2 is 1.88 bits per heavy atom. The minimum Gasteiger partial charge on any atom is -0.361 e. The molecule has 0 unspecified atom stereocenters. The lowest BCUT2D eigenvalue weighted by atomic mass is 10.1. The van der Waals surface area contributed by atoms with Gasteiger partial charge in [-0.05, 0) is 40.7 Å². The number of nitrogens with one attached hydrogen (secondary N) is 1. The topological polar surface area (TPSA) is 90.8 Å². The first-order valence-electron chi connectivity index (χ1n) is 8.51. The van der Waals surface area contributed by atoms with Crippen molar-refractivity contribution in [2.45, 2.75) is 47.7 Å². The average molecular weight is 356 g/mol. The van der Waals surface area contributed by atoms with Gasteiger partial charge in [-0.25, -0.2) is 0 Å². The van der Waals surface area contributed by atoms with Gasteiger partial charge in [-0.15, -0.1) is 0 Å². The molecule has 0 aliphatic rings. The molecule has 26 heavy (non-hydrogen) atoms. The normalized spacial score (nSPS) is 11.2. The third-order valence-electron chi connectivity index (χ3n) is 4.70. The van der Waals surface area contributed by atoms with Crippen molar-refractivity contribution >= 4 is 5.91 Å². The van der Waals surface area contributed by atoms with Crippen LogP contribution in [0, 0.1) is 34.6 Å². The molecule has 0 fully saturated rings. The lowest BCUT2D eigenvalue weighted by Gasteiger charge is -2.07. The molecule has 0 atom stereocenters. The van der Waals surface area contributed by atoms with E-state index in [-0.39, 0.29) is 5.91 Å². The Bertz CT molecular complexity index is 963. The minimum absolute atomic E-state index is 0.263. The number of hydrogen-bond donors (Lipinski definition) is 1. The number of nitrogens with zero attached hydrogens (tertiary/aromatic N) is 5. The van der Waals surface area contributed by atoms with Crippen LogP contribution in [0.15, 0.2) is 10.6 Å². The maximum absolute atomic E-state index is 12.7. The smallest absolute Gasteiger partial charge is 0.274 e. The molecule has 3 aromatic rings. The summed E-state index contributed by atoms with van der Waals surface area (Å²) >= 11 is 0. The summed E-state index contributed by atoms with van der Waals surface area (Å²) in [6.07, 6.45) is 0. The highest BCUT2D eigenvalue weighted by Gasteiger charge is 2.21. The Balaban J connectivity index is 1.79. The van der Waals surface area contributed by atoms with Crippen LogP contribution in [0.1, 0.15) is 50.2 Å². The average Bonchev–Trinajstić information content (AvgIpc) is 3.17. The molecule has 8 heteroatoms. The summed E-state index contributed by atoms with van der Waals surface area (Å²) in [5.74, 6) is 0.359. The predicted molar refractivity (Wildman–Crippen MR) is 95.9 cm³/mol. The molecular weight excluding hydrogens is 332 g/mol. The lowest BCUT2D eigenvalue weighted by molar-refractivity contribution is 0.0941. The van der Waals surface area contributed by atoms with E-state index in [1.807, 2.05) is 50.2 Å². The number of aromatic nitrogens is 5. The first kappa shape index (κ1) is 17.9. The SMILES string of the molecule is Cc1cc(C)n(Cc2c(C(=O)NCc3c(C)nn(C)c3C)noc2C)n1. The molecule has 1 N–H and O–H groups in total. The number of carbonyl (C=O) groups excluding carboxylic acids is 1. The van der Waals surface area contributed by atoms with E-state index in [1.54, 1.807) is 6.92 Å². The summed E-state index contributed by atoms with van der Waals surface area (Å²) in [5, 5.41) is 15.7. The van der Waals surface area contributed by atoms with Gasteiger partial charge in [0, 0.05) is 36.1 Å². The van der Waals surface area contributed by atoms with Crippen molar-refractivity contribution in [2.24, 2.45) is 7.05 Å². The molecule has 3 aromatic heterocycles. The highest BCUT2D eigenvalue weighted by molar-refractivity contribution is 5.93. The van der Waals surface area contributed by atoms with Gasteiger partial charge in [-0.2, -0.15) is 10.2 Å². The summed E-state index contributed by atoms with van der Waals surface area (Å²) in [7, 11) is 1.89. The standard InChI is InChI=1S/C18H24N6O2/c1-10-7-11(2)24(20-10)9-16-14(5)26-22-17(16)18(25)19-8-15-12(3)21-23(6)13(15)4/h7H,8-9H2,1-6H3,(H,19,25). The summed E-state index contributed by atoms with van der Waals surface area (Å²) in [6.45, 7) is 10.5. The zero-order valence-electron chi connectivity index (χ0n) is 16.0. The third kappa shape index (κ3) is 3.26. The second kappa shape index (κ2) is 6.78. The third-order valence-corrected chi connectivity index (χ3v) is 4.70. The molecule has 0 saturated carbocycles. The van der Waals surface area contributed by atoms with Crippen LogP contribution in [0.25, 0.3) is 0 Å².